The Kier molecular flexibility index (Phi) is 14.6. The molecule has 1 N–H and O–H groups in total. The molecule has 1 saturated heterocycles. The second kappa shape index (κ2) is 17.1. The summed E-state index contributed by atoms with van der Waals surface area (Å²) in [7, 11) is 0. The van der Waals surface area contributed by atoms with Gasteiger partial charge in [-0.05, 0) is 45.3 Å². The van der Waals surface area contributed by atoms with Crippen LogP contribution in [0.5, 0.6) is 0 Å². The number of unbranched alkanes of at least 4 members (excludes halogenated alkanes) is 14. The first kappa shape index (κ1) is 31.6. The molecule has 1 unspecified atom stereocenters. The lowest BCUT2D eigenvalue weighted by atomic mass is 9.76. The highest BCUT2D eigenvalue weighted by atomic mass is 16.5. The number of nitrogens with one attached hydrogen (secondary N) is 1. The van der Waals surface area contributed by atoms with Crippen LogP contribution in [0.25, 0.3) is 6.08 Å². The van der Waals surface area contributed by atoms with Gasteiger partial charge in [0.2, 0.25) is 0 Å². The number of ether oxygens (including phenoxy) is 1. The SMILES string of the molecule is CCCCCCCCCCCCCCCCCC(=O)OC1CC(C)(C)NC(C)(C)C1=Cc1ccccc1. The van der Waals surface area contributed by atoms with Crippen LogP contribution in [-0.4, -0.2) is 23.2 Å². The molecule has 1 aliphatic rings. The Labute approximate surface area is 229 Å². The molecule has 1 aromatic carbocycles. The third-order valence-electron chi connectivity index (χ3n) is 7.80. The molecule has 0 aliphatic carbocycles. The summed E-state index contributed by atoms with van der Waals surface area (Å²) >= 11 is 0. The molecule has 2 rings (SSSR count). The van der Waals surface area contributed by atoms with Gasteiger partial charge in [0.05, 0.1) is 0 Å². The van der Waals surface area contributed by atoms with Crippen molar-refractivity contribution >= 4 is 12.0 Å². The number of hydrogen-bond acceptors (Lipinski definition) is 3. The van der Waals surface area contributed by atoms with Crippen LogP contribution >= 0.6 is 0 Å². The Morgan fingerprint density at radius 1 is 0.811 bits per heavy atom. The molecule has 0 bridgehead atoms. The van der Waals surface area contributed by atoms with Crippen molar-refractivity contribution < 1.29 is 9.53 Å². The lowest BCUT2D eigenvalue weighted by Gasteiger charge is -2.48. The summed E-state index contributed by atoms with van der Waals surface area (Å²) in [6.07, 6.45) is 23.3. The molecule has 0 radical (unpaired) electrons. The van der Waals surface area contributed by atoms with E-state index in [9.17, 15) is 4.79 Å². The van der Waals surface area contributed by atoms with E-state index >= 15 is 0 Å². The molecule has 0 aromatic heterocycles. The van der Waals surface area contributed by atoms with E-state index in [1.807, 2.05) is 6.07 Å². The number of piperidine rings is 1. The second-order valence-corrected chi connectivity index (χ2v) is 12.5. The Morgan fingerprint density at radius 3 is 1.81 bits per heavy atom. The maximum absolute atomic E-state index is 12.8. The van der Waals surface area contributed by atoms with Crippen LogP contribution < -0.4 is 5.32 Å². The standard InChI is InChI=1S/C34H57NO2/c1-6-7-8-9-10-11-12-13-14-15-16-17-18-19-23-26-32(36)37-31-28-33(2,3)35-34(4,5)30(31)27-29-24-21-20-22-25-29/h20-22,24-25,27,31,35H,6-19,23,26,28H2,1-5H3. The number of hydrogen-bond donors (Lipinski definition) is 1. The van der Waals surface area contributed by atoms with Gasteiger partial charge in [-0.15, -0.1) is 0 Å². The van der Waals surface area contributed by atoms with Crippen LogP contribution in [0, 0.1) is 0 Å². The normalized spacial score (nSPS) is 19.7. The lowest BCUT2D eigenvalue weighted by molar-refractivity contribution is -0.149. The van der Waals surface area contributed by atoms with E-state index in [4.69, 9.17) is 4.74 Å². The van der Waals surface area contributed by atoms with Crippen molar-refractivity contribution in [3.63, 3.8) is 0 Å². The van der Waals surface area contributed by atoms with Gasteiger partial charge >= 0.3 is 5.97 Å². The van der Waals surface area contributed by atoms with Crippen molar-refractivity contribution in [2.75, 3.05) is 0 Å². The van der Waals surface area contributed by atoms with Crippen LogP contribution in [0.1, 0.15) is 149 Å². The van der Waals surface area contributed by atoms with Crippen molar-refractivity contribution in [3.8, 4) is 0 Å². The molecule has 1 aliphatic heterocycles. The van der Waals surface area contributed by atoms with Crippen molar-refractivity contribution in [3.05, 3.63) is 41.5 Å². The smallest absolute Gasteiger partial charge is 0.306 e. The molecule has 1 fully saturated rings. The van der Waals surface area contributed by atoms with Gasteiger partial charge in [0, 0.05) is 23.9 Å². The topological polar surface area (TPSA) is 38.3 Å². The zero-order chi connectivity index (χ0) is 27.0. The fourth-order valence-electron chi connectivity index (χ4n) is 5.91. The zero-order valence-electron chi connectivity index (χ0n) is 24.9. The largest absolute Gasteiger partial charge is 0.458 e. The summed E-state index contributed by atoms with van der Waals surface area (Å²) < 4.78 is 6.12. The molecule has 37 heavy (non-hydrogen) atoms. The second-order valence-electron chi connectivity index (χ2n) is 12.5. The minimum Gasteiger partial charge on any atom is -0.458 e. The summed E-state index contributed by atoms with van der Waals surface area (Å²) in [5.74, 6) is -0.0489. The van der Waals surface area contributed by atoms with Gasteiger partial charge in [-0.1, -0.05) is 133 Å². The highest BCUT2D eigenvalue weighted by molar-refractivity contribution is 5.70. The van der Waals surface area contributed by atoms with Crippen LogP contribution in [0.2, 0.25) is 0 Å². The number of carbonyl (C=O) groups excluding carboxylic acids is 1. The van der Waals surface area contributed by atoms with E-state index in [2.05, 4.69) is 70.3 Å². The van der Waals surface area contributed by atoms with Gasteiger partial charge in [0.1, 0.15) is 6.10 Å². The monoisotopic (exact) mass is 511 g/mol. The van der Waals surface area contributed by atoms with Crippen LogP contribution in [0.3, 0.4) is 0 Å². The molecule has 0 spiro atoms. The van der Waals surface area contributed by atoms with E-state index in [0.717, 1.165) is 30.4 Å². The average Bonchev–Trinajstić information content (AvgIpc) is 2.83. The molecular weight excluding hydrogens is 454 g/mol. The first-order chi connectivity index (χ1) is 17.7. The third-order valence-corrected chi connectivity index (χ3v) is 7.80. The van der Waals surface area contributed by atoms with Gasteiger partial charge in [0.25, 0.3) is 0 Å². The maximum atomic E-state index is 12.8. The zero-order valence-corrected chi connectivity index (χ0v) is 24.9. The van der Waals surface area contributed by atoms with E-state index in [-0.39, 0.29) is 23.2 Å². The van der Waals surface area contributed by atoms with Crippen LogP contribution in [0.4, 0.5) is 0 Å². The third kappa shape index (κ3) is 13.1. The summed E-state index contributed by atoms with van der Waals surface area (Å²) in [6, 6.07) is 10.4. The van der Waals surface area contributed by atoms with Crippen molar-refractivity contribution in [2.45, 2.75) is 161 Å². The Balaban J connectivity index is 1.62. The number of benzene rings is 1. The van der Waals surface area contributed by atoms with Crippen molar-refractivity contribution in [1.29, 1.82) is 0 Å². The lowest BCUT2D eigenvalue weighted by Crippen LogP contribution is -2.61. The van der Waals surface area contributed by atoms with E-state index in [0.29, 0.717) is 6.42 Å². The quantitative estimate of drug-likeness (QED) is 0.157. The summed E-state index contributed by atoms with van der Waals surface area (Å²) in [5, 5.41) is 3.75. The predicted molar refractivity (Wildman–Crippen MR) is 160 cm³/mol. The average molecular weight is 512 g/mol. The molecule has 3 nitrogen and oxygen atoms in total. The highest BCUT2D eigenvalue weighted by Gasteiger charge is 2.43. The summed E-state index contributed by atoms with van der Waals surface area (Å²) in [5.41, 5.74) is 1.98. The van der Waals surface area contributed by atoms with Crippen LogP contribution in [-0.2, 0) is 9.53 Å². The van der Waals surface area contributed by atoms with Gasteiger partial charge < -0.3 is 10.1 Å². The maximum Gasteiger partial charge on any atom is 0.306 e. The molecular formula is C34H57NO2. The van der Waals surface area contributed by atoms with Crippen molar-refractivity contribution in [2.24, 2.45) is 0 Å². The van der Waals surface area contributed by atoms with E-state index in [1.54, 1.807) is 0 Å². The van der Waals surface area contributed by atoms with Gasteiger partial charge in [-0.25, -0.2) is 0 Å². The molecule has 1 aromatic rings. The number of carbonyl (C=O) groups is 1. The predicted octanol–water partition coefficient (Wildman–Crippen LogP) is 9.79. The minimum atomic E-state index is -0.239. The Morgan fingerprint density at radius 2 is 1.30 bits per heavy atom. The van der Waals surface area contributed by atoms with Crippen molar-refractivity contribution in [1.82, 2.24) is 5.32 Å². The number of rotatable bonds is 18. The first-order valence-corrected chi connectivity index (χ1v) is 15.5. The minimum absolute atomic E-state index is 0.0489. The molecule has 0 saturated carbocycles. The Bertz CT molecular complexity index is 780. The fraction of sp³-hybridized carbons (Fsp3) is 0.735. The Hall–Kier alpha value is -1.61. The number of esters is 1. The molecule has 0 amide bonds. The van der Waals surface area contributed by atoms with Gasteiger partial charge in [-0.3, -0.25) is 4.79 Å². The molecule has 1 atom stereocenters. The molecule has 210 valence electrons. The highest BCUT2D eigenvalue weighted by Crippen LogP contribution is 2.36. The van der Waals surface area contributed by atoms with Crippen LogP contribution in [0.15, 0.2) is 35.9 Å². The van der Waals surface area contributed by atoms with E-state index in [1.165, 1.54) is 83.5 Å². The van der Waals surface area contributed by atoms with Gasteiger partial charge in [0.15, 0.2) is 0 Å². The molecule has 1 heterocycles. The van der Waals surface area contributed by atoms with Gasteiger partial charge in [-0.2, -0.15) is 0 Å². The first-order valence-electron chi connectivity index (χ1n) is 15.5. The summed E-state index contributed by atoms with van der Waals surface area (Å²) in [4.78, 5) is 12.8. The summed E-state index contributed by atoms with van der Waals surface area (Å²) in [6.45, 7) is 11.1. The van der Waals surface area contributed by atoms with E-state index < -0.39 is 0 Å². The molecule has 3 heteroatoms. The fourth-order valence-corrected chi connectivity index (χ4v) is 5.91.